The highest BCUT2D eigenvalue weighted by atomic mass is 19.1. The second-order valence-electron chi connectivity index (χ2n) is 5.82. The molecule has 2 nitrogen and oxygen atoms in total. The summed E-state index contributed by atoms with van der Waals surface area (Å²) in [6.45, 7) is 5.93. The molecule has 3 heteroatoms. The predicted molar refractivity (Wildman–Crippen MR) is 74.3 cm³/mol. The highest BCUT2D eigenvalue weighted by molar-refractivity contribution is 5.32. The van der Waals surface area contributed by atoms with Crippen molar-refractivity contribution in [2.24, 2.45) is 5.41 Å². The van der Waals surface area contributed by atoms with Gasteiger partial charge in [-0.2, -0.15) is 5.26 Å². The van der Waals surface area contributed by atoms with Crippen LogP contribution in [-0.4, -0.2) is 13.1 Å². The molecule has 1 aromatic rings. The van der Waals surface area contributed by atoms with Crippen LogP contribution in [0.3, 0.4) is 0 Å². The second kappa shape index (κ2) is 5.71. The fraction of sp³-hybridized carbons (Fsp3) is 0.562. The first-order valence-electron chi connectivity index (χ1n) is 6.97. The Balaban J connectivity index is 2.29. The number of benzene rings is 1. The lowest BCUT2D eigenvalue weighted by atomic mass is 9.74. The number of nitrogens with zero attached hydrogens (tertiary/aromatic N) is 1. The van der Waals surface area contributed by atoms with Crippen LogP contribution in [0.25, 0.3) is 0 Å². The highest BCUT2D eigenvalue weighted by Gasteiger charge is 2.33. The van der Waals surface area contributed by atoms with Gasteiger partial charge in [0, 0.05) is 0 Å². The Morgan fingerprint density at radius 3 is 2.63 bits per heavy atom. The molecule has 1 aliphatic heterocycles. The summed E-state index contributed by atoms with van der Waals surface area (Å²) in [5.41, 5.74) is 1.88. The average Bonchev–Trinajstić information content (AvgIpc) is 2.42. The molecular weight excluding hydrogens is 239 g/mol. The summed E-state index contributed by atoms with van der Waals surface area (Å²) in [6.07, 6.45) is 2.48. The Bertz CT molecular complexity index is 482. The van der Waals surface area contributed by atoms with Gasteiger partial charge < -0.3 is 5.32 Å². The summed E-state index contributed by atoms with van der Waals surface area (Å²) in [7, 11) is 0. The molecular formula is C16H21FN2. The van der Waals surface area contributed by atoms with Crippen molar-refractivity contribution in [1.82, 2.24) is 5.32 Å². The van der Waals surface area contributed by atoms with E-state index in [1.807, 2.05) is 6.07 Å². The standard InChI is InChI=1S/C16H21FN2/c1-12(2)15-9-14(17)4-3-13(15)10-16(11-18)5-7-19-8-6-16/h3-4,9,12,19H,5-8,10H2,1-2H3. The van der Waals surface area contributed by atoms with Crippen molar-refractivity contribution in [1.29, 1.82) is 5.26 Å². The summed E-state index contributed by atoms with van der Waals surface area (Å²) in [6, 6.07) is 7.49. The lowest BCUT2D eigenvalue weighted by Gasteiger charge is -2.32. The molecule has 0 amide bonds. The molecule has 0 spiro atoms. The van der Waals surface area contributed by atoms with Gasteiger partial charge in [-0.1, -0.05) is 19.9 Å². The van der Waals surface area contributed by atoms with Crippen LogP contribution in [-0.2, 0) is 6.42 Å². The first-order valence-corrected chi connectivity index (χ1v) is 6.97. The maximum Gasteiger partial charge on any atom is 0.123 e. The summed E-state index contributed by atoms with van der Waals surface area (Å²) in [5.74, 6) is 0.0897. The molecule has 1 fully saturated rings. The predicted octanol–water partition coefficient (Wildman–Crippen LogP) is 3.38. The third-order valence-electron chi connectivity index (χ3n) is 4.06. The number of nitrogens with one attached hydrogen (secondary N) is 1. The van der Waals surface area contributed by atoms with E-state index in [-0.39, 0.29) is 17.2 Å². The minimum atomic E-state index is -0.285. The van der Waals surface area contributed by atoms with Gasteiger partial charge in [-0.3, -0.25) is 0 Å². The van der Waals surface area contributed by atoms with Crippen LogP contribution in [0.15, 0.2) is 18.2 Å². The van der Waals surface area contributed by atoms with Crippen molar-refractivity contribution in [3.63, 3.8) is 0 Å². The second-order valence-corrected chi connectivity index (χ2v) is 5.82. The Morgan fingerprint density at radius 2 is 2.05 bits per heavy atom. The Hall–Kier alpha value is -1.40. The number of piperidine rings is 1. The minimum Gasteiger partial charge on any atom is -0.317 e. The number of hydrogen-bond donors (Lipinski definition) is 1. The molecule has 1 heterocycles. The van der Waals surface area contributed by atoms with Gasteiger partial charge >= 0.3 is 0 Å². The first-order chi connectivity index (χ1) is 9.06. The molecule has 19 heavy (non-hydrogen) atoms. The van der Waals surface area contributed by atoms with Crippen LogP contribution in [0.5, 0.6) is 0 Å². The van der Waals surface area contributed by atoms with E-state index in [0.29, 0.717) is 0 Å². The average molecular weight is 260 g/mol. The molecule has 0 radical (unpaired) electrons. The van der Waals surface area contributed by atoms with E-state index in [0.717, 1.165) is 43.5 Å². The Labute approximate surface area is 114 Å². The highest BCUT2D eigenvalue weighted by Crippen LogP contribution is 2.34. The van der Waals surface area contributed by atoms with Crippen LogP contribution >= 0.6 is 0 Å². The lowest BCUT2D eigenvalue weighted by molar-refractivity contribution is 0.279. The van der Waals surface area contributed by atoms with Crippen LogP contribution in [0.2, 0.25) is 0 Å². The molecule has 0 unspecified atom stereocenters. The fourth-order valence-electron chi connectivity index (χ4n) is 2.86. The van der Waals surface area contributed by atoms with Crippen LogP contribution in [0.1, 0.15) is 43.7 Å². The third-order valence-corrected chi connectivity index (χ3v) is 4.06. The van der Waals surface area contributed by atoms with E-state index in [4.69, 9.17) is 0 Å². The maximum atomic E-state index is 13.4. The van der Waals surface area contributed by atoms with Gasteiger partial charge in [0.2, 0.25) is 0 Å². The SMILES string of the molecule is CC(C)c1cc(F)ccc1CC1(C#N)CCNCC1. The third kappa shape index (κ3) is 3.13. The van der Waals surface area contributed by atoms with E-state index >= 15 is 0 Å². The molecule has 0 bridgehead atoms. The van der Waals surface area contributed by atoms with Crippen molar-refractivity contribution in [2.45, 2.75) is 39.0 Å². The number of halogens is 1. The minimum absolute atomic E-state index is 0.191. The summed E-state index contributed by atoms with van der Waals surface area (Å²) in [4.78, 5) is 0. The van der Waals surface area contributed by atoms with E-state index < -0.39 is 0 Å². The molecule has 0 saturated carbocycles. The molecule has 0 aliphatic carbocycles. The smallest absolute Gasteiger partial charge is 0.123 e. The Morgan fingerprint density at radius 1 is 1.37 bits per heavy atom. The van der Waals surface area contributed by atoms with Gasteiger partial charge in [-0.05, 0) is 61.5 Å². The van der Waals surface area contributed by atoms with Gasteiger partial charge in [-0.25, -0.2) is 4.39 Å². The van der Waals surface area contributed by atoms with Gasteiger partial charge in [0.05, 0.1) is 11.5 Å². The summed E-state index contributed by atoms with van der Waals surface area (Å²) < 4.78 is 13.4. The molecule has 0 aromatic heterocycles. The van der Waals surface area contributed by atoms with E-state index in [9.17, 15) is 9.65 Å². The van der Waals surface area contributed by atoms with Gasteiger partial charge in [0.25, 0.3) is 0 Å². The van der Waals surface area contributed by atoms with Crippen LogP contribution < -0.4 is 5.32 Å². The van der Waals surface area contributed by atoms with Gasteiger partial charge in [-0.15, -0.1) is 0 Å². The normalized spacial score (nSPS) is 18.3. The quantitative estimate of drug-likeness (QED) is 0.904. The maximum absolute atomic E-state index is 13.4. The molecule has 1 N–H and O–H groups in total. The van der Waals surface area contributed by atoms with E-state index in [2.05, 4.69) is 25.2 Å². The van der Waals surface area contributed by atoms with Gasteiger partial charge in [0.15, 0.2) is 0 Å². The molecule has 2 rings (SSSR count). The van der Waals surface area contributed by atoms with E-state index in [1.54, 1.807) is 6.07 Å². The van der Waals surface area contributed by atoms with Crippen molar-refractivity contribution in [3.8, 4) is 6.07 Å². The largest absolute Gasteiger partial charge is 0.317 e. The zero-order valence-corrected chi connectivity index (χ0v) is 11.7. The topological polar surface area (TPSA) is 35.8 Å². The fourth-order valence-corrected chi connectivity index (χ4v) is 2.86. The monoisotopic (exact) mass is 260 g/mol. The van der Waals surface area contributed by atoms with E-state index in [1.165, 1.54) is 6.07 Å². The number of nitriles is 1. The molecule has 1 aromatic carbocycles. The van der Waals surface area contributed by atoms with Crippen LogP contribution in [0.4, 0.5) is 4.39 Å². The summed E-state index contributed by atoms with van der Waals surface area (Å²) >= 11 is 0. The van der Waals surface area contributed by atoms with Crippen molar-refractivity contribution in [3.05, 3.63) is 35.1 Å². The zero-order chi connectivity index (χ0) is 13.9. The Kier molecular flexibility index (Phi) is 4.21. The lowest BCUT2D eigenvalue weighted by Crippen LogP contribution is -2.37. The van der Waals surface area contributed by atoms with Crippen molar-refractivity contribution >= 4 is 0 Å². The molecule has 0 atom stereocenters. The van der Waals surface area contributed by atoms with Crippen LogP contribution in [0, 0.1) is 22.6 Å². The molecule has 1 aliphatic rings. The molecule has 1 saturated heterocycles. The first kappa shape index (κ1) is 14.0. The molecule has 102 valence electrons. The van der Waals surface area contributed by atoms with Crippen molar-refractivity contribution < 1.29 is 4.39 Å². The summed E-state index contributed by atoms with van der Waals surface area (Å²) in [5, 5.41) is 12.8. The van der Waals surface area contributed by atoms with Crippen molar-refractivity contribution in [2.75, 3.05) is 13.1 Å². The van der Waals surface area contributed by atoms with Gasteiger partial charge in [0.1, 0.15) is 5.82 Å². The number of hydrogen-bond acceptors (Lipinski definition) is 2. The zero-order valence-electron chi connectivity index (χ0n) is 11.7. The number of rotatable bonds is 3.